The number of benzene rings is 1. The minimum atomic E-state index is -0.235. The first kappa shape index (κ1) is 13.3. The maximum atomic E-state index is 12.2. The predicted octanol–water partition coefficient (Wildman–Crippen LogP) is 4.28. The van der Waals surface area contributed by atoms with Crippen molar-refractivity contribution in [2.24, 2.45) is 5.41 Å². The SMILES string of the molecule is CC1CCCc2cccc(CC(=O)C(C)(C)C)c21. The van der Waals surface area contributed by atoms with Crippen LogP contribution in [0, 0.1) is 5.41 Å². The molecule has 1 aromatic rings. The lowest BCUT2D eigenvalue weighted by Gasteiger charge is -2.26. The van der Waals surface area contributed by atoms with E-state index in [4.69, 9.17) is 0 Å². The molecule has 1 aromatic carbocycles. The lowest BCUT2D eigenvalue weighted by atomic mass is 9.78. The lowest BCUT2D eigenvalue weighted by Crippen LogP contribution is -2.23. The minimum Gasteiger partial charge on any atom is -0.299 e. The molecular weight excluding hydrogens is 220 g/mol. The quantitative estimate of drug-likeness (QED) is 0.758. The molecule has 1 heteroatoms. The van der Waals surface area contributed by atoms with E-state index >= 15 is 0 Å². The molecule has 1 unspecified atom stereocenters. The molecule has 0 spiro atoms. The Balaban J connectivity index is 2.32. The summed E-state index contributed by atoms with van der Waals surface area (Å²) in [5.41, 5.74) is 3.95. The Morgan fingerprint density at radius 2 is 2.06 bits per heavy atom. The van der Waals surface area contributed by atoms with Crippen molar-refractivity contribution >= 4 is 5.78 Å². The topological polar surface area (TPSA) is 17.1 Å². The van der Waals surface area contributed by atoms with E-state index in [1.165, 1.54) is 36.0 Å². The molecule has 0 fully saturated rings. The first-order valence-corrected chi connectivity index (χ1v) is 7.03. The second kappa shape index (κ2) is 4.87. The van der Waals surface area contributed by atoms with Crippen LogP contribution in [0.1, 0.15) is 63.1 Å². The van der Waals surface area contributed by atoms with Gasteiger partial charge in [0.15, 0.2) is 0 Å². The third kappa shape index (κ3) is 2.66. The van der Waals surface area contributed by atoms with Gasteiger partial charge in [0.25, 0.3) is 0 Å². The molecule has 1 aliphatic rings. The zero-order chi connectivity index (χ0) is 13.3. The molecule has 98 valence electrons. The van der Waals surface area contributed by atoms with Crippen molar-refractivity contribution in [1.29, 1.82) is 0 Å². The lowest BCUT2D eigenvalue weighted by molar-refractivity contribution is -0.125. The number of Topliss-reactive ketones (excluding diaryl/α,β-unsaturated/α-hetero) is 1. The Morgan fingerprint density at radius 3 is 2.72 bits per heavy atom. The van der Waals surface area contributed by atoms with Gasteiger partial charge in [-0.2, -0.15) is 0 Å². The van der Waals surface area contributed by atoms with Crippen LogP contribution in [0.25, 0.3) is 0 Å². The molecule has 0 bridgehead atoms. The molecule has 1 atom stereocenters. The van der Waals surface area contributed by atoms with E-state index in [2.05, 4.69) is 25.1 Å². The van der Waals surface area contributed by atoms with Crippen LogP contribution in [0.15, 0.2) is 18.2 Å². The maximum absolute atomic E-state index is 12.2. The molecule has 0 radical (unpaired) electrons. The van der Waals surface area contributed by atoms with Gasteiger partial charge in [0.05, 0.1) is 0 Å². The molecule has 2 rings (SSSR count). The number of hydrogen-bond donors (Lipinski definition) is 0. The zero-order valence-corrected chi connectivity index (χ0v) is 12.0. The molecule has 0 aliphatic heterocycles. The number of carbonyl (C=O) groups excluding carboxylic acids is 1. The summed E-state index contributed by atoms with van der Waals surface area (Å²) in [6.07, 6.45) is 4.31. The summed E-state index contributed by atoms with van der Waals surface area (Å²) in [4.78, 5) is 12.2. The molecule has 0 N–H and O–H groups in total. The normalized spacial score (nSPS) is 19.4. The molecule has 0 saturated carbocycles. The Hall–Kier alpha value is -1.11. The van der Waals surface area contributed by atoms with Crippen molar-refractivity contribution in [3.05, 3.63) is 34.9 Å². The van der Waals surface area contributed by atoms with Crippen LogP contribution in [0.2, 0.25) is 0 Å². The van der Waals surface area contributed by atoms with E-state index in [0.717, 1.165) is 0 Å². The first-order chi connectivity index (χ1) is 8.39. The monoisotopic (exact) mass is 244 g/mol. The van der Waals surface area contributed by atoms with E-state index in [1.807, 2.05) is 20.8 Å². The van der Waals surface area contributed by atoms with Crippen molar-refractivity contribution in [2.45, 2.75) is 59.3 Å². The first-order valence-electron chi connectivity index (χ1n) is 7.03. The van der Waals surface area contributed by atoms with E-state index in [1.54, 1.807) is 0 Å². The summed E-state index contributed by atoms with van der Waals surface area (Å²) in [6.45, 7) is 8.32. The van der Waals surface area contributed by atoms with E-state index in [0.29, 0.717) is 18.1 Å². The molecule has 18 heavy (non-hydrogen) atoms. The average molecular weight is 244 g/mol. The number of aryl methyl sites for hydroxylation is 1. The van der Waals surface area contributed by atoms with Crippen molar-refractivity contribution in [3.8, 4) is 0 Å². The Bertz CT molecular complexity index is 451. The number of rotatable bonds is 2. The highest BCUT2D eigenvalue weighted by molar-refractivity contribution is 5.86. The van der Waals surface area contributed by atoms with Crippen molar-refractivity contribution in [3.63, 3.8) is 0 Å². The molecule has 0 amide bonds. The van der Waals surface area contributed by atoms with E-state index in [-0.39, 0.29) is 5.41 Å². The number of fused-ring (bicyclic) bond motifs is 1. The Morgan fingerprint density at radius 1 is 1.33 bits per heavy atom. The molecule has 1 nitrogen and oxygen atoms in total. The largest absolute Gasteiger partial charge is 0.299 e. The molecule has 0 heterocycles. The summed E-state index contributed by atoms with van der Waals surface area (Å²) in [5.74, 6) is 0.950. The van der Waals surface area contributed by atoms with Crippen LogP contribution >= 0.6 is 0 Å². The third-order valence-electron chi connectivity index (χ3n) is 4.05. The Kier molecular flexibility index (Phi) is 3.61. The summed E-state index contributed by atoms with van der Waals surface area (Å²) < 4.78 is 0. The number of ketones is 1. The van der Waals surface area contributed by atoms with Gasteiger partial charge in [0.2, 0.25) is 0 Å². The summed E-state index contributed by atoms with van der Waals surface area (Å²) in [7, 11) is 0. The van der Waals surface area contributed by atoms with Gasteiger partial charge in [-0.1, -0.05) is 45.9 Å². The Labute approximate surface area is 111 Å². The van der Waals surface area contributed by atoms with Crippen molar-refractivity contribution < 1.29 is 4.79 Å². The second-order valence-corrected chi connectivity index (χ2v) is 6.63. The standard InChI is InChI=1S/C17H24O/c1-12-7-5-8-13-9-6-10-14(16(12)13)11-15(18)17(2,3)4/h6,9-10,12H,5,7-8,11H2,1-4H3. The summed E-state index contributed by atoms with van der Waals surface area (Å²) >= 11 is 0. The number of carbonyl (C=O) groups is 1. The second-order valence-electron chi connectivity index (χ2n) is 6.63. The fourth-order valence-corrected chi connectivity index (χ4v) is 2.85. The van der Waals surface area contributed by atoms with Crippen LogP contribution in [-0.4, -0.2) is 5.78 Å². The van der Waals surface area contributed by atoms with Gasteiger partial charge in [0.1, 0.15) is 5.78 Å². The highest BCUT2D eigenvalue weighted by Gasteiger charge is 2.25. The zero-order valence-electron chi connectivity index (χ0n) is 12.0. The average Bonchev–Trinajstić information content (AvgIpc) is 2.28. The van der Waals surface area contributed by atoms with E-state index < -0.39 is 0 Å². The third-order valence-corrected chi connectivity index (χ3v) is 4.05. The molecule has 1 aliphatic carbocycles. The predicted molar refractivity (Wildman–Crippen MR) is 76.0 cm³/mol. The number of hydrogen-bond acceptors (Lipinski definition) is 1. The van der Waals surface area contributed by atoms with Gasteiger partial charge in [-0.15, -0.1) is 0 Å². The van der Waals surface area contributed by atoms with Gasteiger partial charge in [0, 0.05) is 11.8 Å². The highest BCUT2D eigenvalue weighted by atomic mass is 16.1. The smallest absolute Gasteiger partial charge is 0.142 e. The maximum Gasteiger partial charge on any atom is 0.142 e. The van der Waals surface area contributed by atoms with Gasteiger partial charge in [-0.05, 0) is 41.9 Å². The molecule has 0 aromatic heterocycles. The van der Waals surface area contributed by atoms with Crippen LogP contribution in [-0.2, 0) is 17.6 Å². The highest BCUT2D eigenvalue weighted by Crippen LogP contribution is 2.34. The van der Waals surface area contributed by atoms with Gasteiger partial charge in [-0.3, -0.25) is 4.79 Å². The van der Waals surface area contributed by atoms with Crippen LogP contribution in [0.3, 0.4) is 0 Å². The van der Waals surface area contributed by atoms with Crippen molar-refractivity contribution in [1.82, 2.24) is 0 Å². The summed E-state index contributed by atoms with van der Waals surface area (Å²) in [6, 6.07) is 6.49. The van der Waals surface area contributed by atoms with Gasteiger partial charge >= 0.3 is 0 Å². The fraction of sp³-hybridized carbons (Fsp3) is 0.588. The minimum absolute atomic E-state index is 0.235. The van der Waals surface area contributed by atoms with Crippen LogP contribution in [0.5, 0.6) is 0 Å². The fourth-order valence-electron chi connectivity index (χ4n) is 2.85. The van der Waals surface area contributed by atoms with Gasteiger partial charge in [-0.25, -0.2) is 0 Å². The van der Waals surface area contributed by atoms with E-state index in [9.17, 15) is 4.79 Å². The van der Waals surface area contributed by atoms with Crippen molar-refractivity contribution in [2.75, 3.05) is 0 Å². The van der Waals surface area contributed by atoms with Crippen LogP contribution in [0.4, 0.5) is 0 Å². The summed E-state index contributed by atoms with van der Waals surface area (Å²) in [5, 5.41) is 0. The molecular formula is C17H24O. The van der Waals surface area contributed by atoms with Gasteiger partial charge < -0.3 is 0 Å². The van der Waals surface area contributed by atoms with Crippen LogP contribution < -0.4 is 0 Å². The molecule has 0 saturated heterocycles.